The van der Waals surface area contributed by atoms with Gasteiger partial charge in [-0.25, -0.2) is 4.98 Å². The van der Waals surface area contributed by atoms with Gasteiger partial charge in [0.2, 0.25) is 5.91 Å². The fraction of sp³-hybridized carbons (Fsp3) is 0.457. The standard InChI is InChI=1S/C20H25N3O3.C9H18N2O.C6H5Cl/c1-12(2)26-18-10-15-13(9-17(18)25-5)8-16(24)20(15)22-19-7-6-14(11-21-19)23(3)4;1-10-9(12)7-11-8-5-3-2-4-6-8;7-6-4-2-1-3-5-6/h6-7,9-12,20H,8H2,1-5H3,(H,21,22);8,11H,2-7H2,1H3,(H,10,12);1-5H. The Bertz CT molecular complexity index is 1350. The molecule has 244 valence electrons. The molecular formula is C35H48ClN5O4. The van der Waals surface area contributed by atoms with Crippen LogP contribution in [0.25, 0.3) is 0 Å². The molecule has 0 radical (unpaired) electrons. The molecule has 5 rings (SSSR count). The van der Waals surface area contributed by atoms with E-state index < -0.39 is 6.04 Å². The van der Waals surface area contributed by atoms with Crippen LogP contribution in [0.1, 0.15) is 63.1 Å². The van der Waals surface area contributed by atoms with Crippen molar-refractivity contribution in [2.45, 2.75) is 70.6 Å². The van der Waals surface area contributed by atoms with Gasteiger partial charge in [-0.05, 0) is 74.2 Å². The number of carbonyl (C=O) groups excluding carboxylic acids is 2. The molecule has 9 nitrogen and oxygen atoms in total. The summed E-state index contributed by atoms with van der Waals surface area (Å²) in [4.78, 5) is 29.8. The van der Waals surface area contributed by atoms with Crippen molar-refractivity contribution in [3.63, 3.8) is 0 Å². The number of benzene rings is 2. The van der Waals surface area contributed by atoms with Crippen molar-refractivity contribution in [1.82, 2.24) is 15.6 Å². The van der Waals surface area contributed by atoms with Crippen molar-refractivity contribution in [1.29, 1.82) is 0 Å². The first-order chi connectivity index (χ1) is 21.6. The Morgan fingerprint density at radius 2 is 1.76 bits per heavy atom. The van der Waals surface area contributed by atoms with Crippen LogP contribution in [-0.4, -0.2) is 63.6 Å². The second kappa shape index (κ2) is 18.2. The number of ether oxygens (including phenoxy) is 2. The number of rotatable bonds is 9. The van der Waals surface area contributed by atoms with E-state index in [0.717, 1.165) is 21.8 Å². The van der Waals surface area contributed by atoms with Crippen LogP contribution >= 0.6 is 11.6 Å². The molecule has 3 aromatic rings. The zero-order valence-electron chi connectivity index (χ0n) is 27.4. The number of methoxy groups -OCH3 is 1. The van der Waals surface area contributed by atoms with E-state index in [1.54, 1.807) is 20.4 Å². The Morgan fingerprint density at radius 3 is 2.29 bits per heavy atom. The lowest BCUT2D eigenvalue weighted by Gasteiger charge is -2.22. The van der Waals surface area contributed by atoms with Crippen molar-refractivity contribution in [2.24, 2.45) is 0 Å². The van der Waals surface area contributed by atoms with Crippen molar-refractivity contribution in [3.8, 4) is 11.5 Å². The molecule has 0 saturated heterocycles. The third-order valence-electron chi connectivity index (χ3n) is 7.51. The highest BCUT2D eigenvalue weighted by molar-refractivity contribution is 6.30. The zero-order valence-corrected chi connectivity index (χ0v) is 28.1. The number of amides is 1. The summed E-state index contributed by atoms with van der Waals surface area (Å²) < 4.78 is 11.3. The third kappa shape index (κ3) is 11.6. The van der Waals surface area contributed by atoms with Crippen molar-refractivity contribution in [3.05, 3.63) is 76.9 Å². The van der Waals surface area contributed by atoms with Gasteiger partial charge in [0, 0.05) is 38.6 Å². The Morgan fingerprint density at radius 1 is 1.04 bits per heavy atom. The predicted octanol–water partition coefficient (Wildman–Crippen LogP) is 6.22. The average molecular weight is 638 g/mol. The van der Waals surface area contributed by atoms with Gasteiger partial charge < -0.3 is 30.3 Å². The summed E-state index contributed by atoms with van der Waals surface area (Å²) >= 11 is 5.54. The first-order valence-corrected chi connectivity index (χ1v) is 15.9. The minimum atomic E-state index is -0.428. The van der Waals surface area contributed by atoms with Crippen LogP contribution < -0.4 is 30.3 Å². The molecule has 0 aliphatic heterocycles. The lowest BCUT2D eigenvalue weighted by atomic mass is 9.95. The molecule has 0 spiro atoms. The SMILES string of the molecule is CNC(=O)CNC1CCCCC1.COc1cc2c(cc1OC(C)C)C(Nc1ccc(N(C)C)cn1)C(=O)C2.Clc1ccccc1. The summed E-state index contributed by atoms with van der Waals surface area (Å²) in [5.41, 5.74) is 2.89. The van der Waals surface area contributed by atoms with Crippen molar-refractivity contribution in [2.75, 3.05) is 45.0 Å². The van der Waals surface area contributed by atoms with E-state index in [4.69, 9.17) is 21.1 Å². The van der Waals surface area contributed by atoms with Crippen LogP contribution in [-0.2, 0) is 16.0 Å². The maximum Gasteiger partial charge on any atom is 0.233 e. The average Bonchev–Trinajstić information content (AvgIpc) is 3.34. The first kappa shape index (κ1) is 35.7. The Kier molecular flexibility index (Phi) is 14.4. The maximum atomic E-state index is 12.6. The minimum Gasteiger partial charge on any atom is -0.493 e. The molecule has 0 bridgehead atoms. The van der Waals surface area contributed by atoms with Gasteiger partial charge in [-0.1, -0.05) is 49.1 Å². The number of fused-ring (bicyclic) bond motifs is 1. The summed E-state index contributed by atoms with van der Waals surface area (Å²) in [6.07, 6.45) is 8.62. The molecule has 1 aromatic heterocycles. The number of pyridine rings is 1. The summed E-state index contributed by atoms with van der Waals surface area (Å²) in [6.45, 7) is 4.40. The molecule has 1 unspecified atom stereocenters. The van der Waals surface area contributed by atoms with E-state index in [1.807, 2.05) is 87.4 Å². The highest BCUT2D eigenvalue weighted by Gasteiger charge is 2.32. The number of hydrogen-bond donors (Lipinski definition) is 3. The van der Waals surface area contributed by atoms with Gasteiger partial charge in [-0.2, -0.15) is 0 Å². The van der Waals surface area contributed by atoms with E-state index in [9.17, 15) is 9.59 Å². The number of nitrogens with zero attached hydrogens (tertiary/aromatic N) is 2. The molecule has 45 heavy (non-hydrogen) atoms. The Balaban J connectivity index is 0.000000238. The Labute approximate surface area is 273 Å². The lowest BCUT2D eigenvalue weighted by Crippen LogP contribution is -2.38. The summed E-state index contributed by atoms with van der Waals surface area (Å²) in [5.74, 6) is 2.17. The molecule has 2 aliphatic carbocycles. The highest BCUT2D eigenvalue weighted by Crippen LogP contribution is 2.39. The largest absolute Gasteiger partial charge is 0.493 e. The van der Waals surface area contributed by atoms with Gasteiger partial charge in [0.25, 0.3) is 0 Å². The molecule has 2 aliphatic rings. The number of carbonyl (C=O) groups is 2. The van der Waals surface area contributed by atoms with Gasteiger partial charge >= 0.3 is 0 Å². The zero-order chi connectivity index (χ0) is 32.8. The van der Waals surface area contributed by atoms with E-state index >= 15 is 0 Å². The first-order valence-electron chi connectivity index (χ1n) is 15.6. The number of aromatic nitrogens is 1. The summed E-state index contributed by atoms with van der Waals surface area (Å²) in [6, 6.07) is 17.3. The van der Waals surface area contributed by atoms with Crippen molar-refractivity contribution < 1.29 is 19.1 Å². The monoisotopic (exact) mass is 637 g/mol. The molecule has 3 N–H and O–H groups in total. The van der Waals surface area contributed by atoms with E-state index in [1.165, 1.54) is 32.1 Å². The number of ketones is 1. The molecule has 1 atom stereocenters. The third-order valence-corrected chi connectivity index (χ3v) is 7.76. The van der Waals surface area contributed by atoms with Gasteiger partial charge in [0.05, 0.1) is 31.6 Å². The molecule has 2 aromatic carbocycles. The normalized spacial score (nSPS) is 15.6. The Hall–Kier alpha value is -3.82. The number of Topliss-reactive ketones (excluding diaryl/α,β-unsaturated/α-hetero) is 1. The fourth-order valence-electron chi connectivity index (χ4n) is 5.10. The van der Waals surface area contributed by atoms with Gasteiger partial charge in [0.1, 0.15) is 11.9 Å². The van der Waals surface area contributed by atoms with E-state index in [0.29, 0.717) is 36.3 Å². The molecule has 1 saturated carbocycles. The smallest absolute Gasteiger partial charge is 0.233 e. The van der Waals surface area contributed by atoms with E-state index in [-0.39, 0.29) is 17.8 Å². The van der Waals surface area contributed by atoms with Crippen molar-refractivity contribution >= 4 is 34.8 Å². The maximum absolute atomic E-state index is 12.6. The number of nitrogens with one attached hydrogen (secondary N) is 3. The lowest BCUT2D eigenvalue weighted by molar-refractivity contribution is -0.120. The van der Waals surface area contributed by atoms with Crippen LogP contribution in [0.3, 0.4) is 0 Å². The van der Waals surface area contributed by atoms with Crippen LogP contribution in [0.2, 0.25) is 5.02 Å². The molecule has 10 heteroatoms. The fourth-order valence-corrected chi connectivity index (χ4v) is 5.24. The molecule has 1 heterocycles. The van der Waals surface area contributed by atoms with Gasteiger partial charge in [-0.3, -0.25) is 9.59 Å². The number of likely N-dealkylation sites (N-methyl/N-ethyl adjacent to an activating group) is 1. The minimum absolute atomic E-state index is 0.0192. The molecule has 1 fully saturated rings. The number of hydrogen-bond acceptors (Lipinski definition) is 8. The second-order valence-corrected chi connectivity index (χ2v) is 12.0. The second-order valence-electron chi connectivity index (χ2n) is 11.6. The summed E-state index contributed by atoms with van der Waals surface area (Å²) in [5, 5.41) is 9.91. The van der Waals surface area contributed by atoms with Crippen LogP contribution in [0.15, 0.2) is 60.8 Å². The summed E-state index contributed by atoms with van der Waals surface area (Å²) in [7, 11) is 7.21. The van der Waals surface area contributed by atoms with Gasteiger partial charge in [0.15, 0.2) is 17.3 Å². The topological polar surface area (TPSA) is 105 Å². The van der Waals surface area contributed by atoms with Crippen LogP contribution in [0.4, 0.5) is 11.5 Å². The van der Waals surface area contributed by atoms with Crippen LogP contribution in [0, 0.1) is 0 Å². The van der Waals surface area contributed by atoms with Crippen LogP contribution in [0.5, 0.6) is 11.5 Å². The quantitative estimate of drug-likeness (QED) is 0.254. The molecular weight excluding hydrogens is 590 g/mol. The number of anilines is 2. The predicted molar refractivity (Wildman–Crippen MR) is 183 cm³/mol. The van der Waals surface area contributed by atoms with Gasteiger partial charge in [-0.15, -0.1) is 0 Å². The highest BCUT2D eigenvalue weighted by atomic mass is 35.5. The number of halogens is 1. The van der Waals surface area contributed by atoms with E-state index in [2.05, 4.69) is 20.9 Å². The molecule has 1 amide bonds.